The number of hydrogen-bond donors (Lipinski definition) is 2. The summed E-state index contributed by atoms with van der Waals surface area (Å²) in [5, 5.41) is 4.63. The maximum Gasteiger partial charge on any atom is 0.325 e. The van der Waals surface area contributed by atoms with Crippen molar-refractivity contribution in [1.82, 2.24) is 15.5 Å². The molecule has 1 fully saturated rings. The van der Waals surface area contributed by atoms with Gasteiger partial charge in [-0.05, 0) is 12.1 Å². The first-order chi connectivity index (χ1) is 9.20. The molecule has 0 radical (unpaired) electrons. The highest BCUT2D eigenvalue weighted by molar-refractivity contribution is 5.93. The van der Waals surface area contributed by atoms with Gasteiger partial charge in [0.05, 0.1) is 0 Å². The number of imide groups is 1. The molecule has 0 atom stereocenters. The average molecular weight is 262 g/mol. The number of benzene rings is 1. The third-order valence-electron chi connectivity index (χ3n) is 3.14. The molecule has 1 aromatic rings. The largest absolute Gasteiger partial charge is 0.368 e. The molecule has 102 valence electrons. The van der Waals surface area contributed by atoms with Crippen molar-refractivity contribution in [3.8, 4) is 0 Å². The molecule has 0 unspecified atom stereocenters. The quantitative estimate of drug-likeness (QED) is 0.789. The summed E-state index contributed by atoms with van der Waals surface area (Å²) in [6, 6.07) is 9.28. The van der Waals surface area contributed by atoms with Gasteiger partial charge in [-0.2, -0.15) is 0 Å². The summed E-state index contributed by atoms with van der Waals surface area (Å²) in [4.78, 5) is 26.7. The molecular formula is C13H18N4O2. The van der Waals surface area contributed by atoms with E-state index in [9.17, 15) is 9.59 Å². The molecule has 6 heteroatoms. The highest BCUT2D eigenvalue weighted by Crippen LogP contribution is 2.15. The molecule has 1 heterocycles. The van der Waals surface area contributed by atoms with Crippen LogP contribution in [0.5, 0.6) is 0 Å². The minimum Gasteiger partial charge on any atom is -0.368 e. The fourth-order valence-electron chi connectivity index (χ4n) is 2.05. The molecule has 1 aliphatic rings. The Morgan fingerprint density at radius 2 is 1.68 bits per heavy atom. The number of anilines is 1. The van der Waals surface area contributed by atoms with Gasteiger partial charge in [0, 0.05) is 38.9 Å². The third kappa shape index (κ3) is 3.37. The van der Waals surface area contributed by atoms with Gasteiger partial charge >= 0.3 is 12.1 Å². The summed E-state index contributed by atoms with van der Waals surface area (Å²) in [6.45, 7) is 2.76. The summed E-state index contributed by atoms with van der Waals surface area (Å²) in [6.07, 6.45) is 0. The molecular weight excluding hydrogens is 244 g/mol. The van der Waals surface area contributed by atoms with E-state index in [1.54, 1.807) is 4.90 Å². The van der Waals surface area contributed by atoms with Crippen molar-refractivity contribution < 1.29 is 9.59 Å². The number of nitrogens with zero attached hydrogens (tertiary/aromatic N) is 2. The molecule has 19 heavy (non-hydrogen) atoms. The Balaban J connectivity index is 1.86. The first-order valence-corrected chi connectivity index (χ1v) is 6.28. The molecule has 2 N–H and O–H groups in total. The van der Waals surface area contributed by atoms with Crippen LogP contribution >= 0.6 is 0 Å². The van der Waals surface area contributed by atoms with Crippen LogP contribution in [-0.2, 0) is 0 Å². The van der Waals surface area contributed by atoms with Crippen LogP contribution in [0.25, 0.3) is 0 Å². The van der Waals surface area contributed by atoms with Crippen molar-refractivity contribution in [1.29, 1.82) is 0 Å². The lowest BCUT2D eigenvalue weighted by Gasteiger charge is -2.35. The number of para-hydroxylation sites is 1. The maximum absolute atomic E-state index is 11.7. The lowest BCUT2D eigenvalue weighted by atomic mass is 10.2. The summed E-state index contributed by atoms with van der Waals surface area (Å²) >= 11 is 0. The molecule has 4 amide bonds. The zero-order chi connectivity index (χ0) is 13.7. The van der Waals surface area contributed by atoms with Gasteiger partial charge < -0.3 is 15.1 Å². The zero-order valence-corrected chi connectivity index (χ0v) is 10.9. The fourth-order valence-corrected chi connectivity index (χ4v) is 2.05. The van der Waals surface area contributed by atoms with E-state index in [1.165, 1.54) is 7.05 Å². The number of nitrogens with one attached hydrogen (secondary N) is 2. The van der Waals surface area contributed by atoms with Crippen LogP contribution in [0.4, 0.5) is 15.3 Å². The second kappa shape index (κ2) is 6.08. The van der Waals surface area contributed by atoms with Gasteiger partial charge in [-0.15, -0.1) is 0 Å². The SMILES string of the molecule is CNC(=O)NC(=O)N1CCN(c2ccccc2)CC1. The Bertz CT molecular complexity index is 441. The van der Waals surface area contributed by atoms with E-state index >= 15 is 0 Å². The number of hydrogen-bond acceptors (Lipinski definition) is 3. The molecule has 1 saturated heterocycles. The Hall–Kier alpha value is -2.24. The second-order valence-electron chi connectivity index (χ2n) is 4.32. The summed E-state index contributed by atoms with van der Waals surface area (Å²) < 4.78 is 0. The van der Waals surface area contributed by atoms with Gasteiger partial charge in [0.1, 0.15) is 0 Å². The number of piperazine rings is 1. The number of urea groups is 2. The van der Waals surface area contributed by atoms with E-state index < -0.39 is 6.03 Å². The van der Waals surface area contributed by atoms with Crippen LogP contribution in [0.2, 0.25) is 0 Å². The van der Waals surface area contributed by atoms with Crippen molar-refractivity contribution >= 4 is 17.7 Å². The topological polar surface area (TPSA) is 64.7 Å². The van der Waals surface area contributed by atoms with Crippen molar-refractivity contribution in [2.24, 2.45) is 0 Å². The normalized spacial score (nSPS) is 15.0. The van der Waals surface area contributed by atoms with Gasteiger partial charge in [-0.3, -0.25) is 5.32 Å². The van der Waals surface area contributed by atoms with E-state index in [-0.39, 0.29) is 6.03 Å². The monoisotopic (exact) mass is 262 g/mol. The molecule has 0 bridgehead atoms. The molecule has 1 aromatic carbocycles. The number of amides is 4. The van der Waals surface area contributed by atoms with Crippen molar-refractivity contribution in [2.75, 3.05) is 38.1 Å². The average Bonchev–Trinajstić information content (AvgIpc) is 2.48. The molecule has 0 saturated carbocycles. The Labute approximate surface area is 112 Å². The van der Waals surface area contributed by atoms with Crippen LogP contribution in [0.1, 0.15) is 0 Å². The molecule has 0 aromatic heterocycles. The number of rotatable bonds is 1. The molecule has 0 aliphatic carbocycles. The van der Waals surface area contributed by atoms with Gasteiger partial charge in [0.2, 0.25) is 0 Å². The van der Waals surface area contributed by atoms with Crippen LogP contribution in [0.15, 0.2) is 30.3 Å². The smallest absolute Gasteiger partial charge is 0.325 e. The minimum absolute atomic E-state index is 0.341. The maximum atomic E-state index is 11.7. The van der Waals surface area contributed by atoms with E-state index in [1.807, 2.05) is 18.2 Å². The number of carbonyl (C=O) groups excluding carboxylic acids is 2. The van der Waals surface area contributed by atoms with Gasteiger partial charge in [-0.1, -0.05) is 18.2 Å². The predicted octanol–water partition coefficient (Wildman–Crippen LogP) is 0.858. The highest BCUT2D eigenvalue weighted by atomic mass is 16.2. The Morgan fingerprint density at radius 3 is 2.26 bits per heavy atom. The number of carbonyl (C=O) groups is 2. The van der Waals surface area contributed by atoms with Crippen molar-refractivity contribution in [2.45, 2.75) is 0 Å². The zero-order valence-electron chi connectivity index (χ0n) is 10.9. The Morgan fingerprint density at radius 1 is 1.05 bits per heavy atom. The standard InChI is InChI=1S/C13H18N4O2/c1-14-12(18)15-13(19)17-9-7-16(8-10-17)11-5-3-2-4-6-11/h2-6H,7-10H2,1H3,(H2,14,15,18,19). The second-order valence-corrected chi connectivity index (χ2v) is 4.32. The van der Waals surface area contributed by atoms with Crippen LogP contribution < -0.4 is 15.5 Å². The van der Waals surface area contributed by atoms with Crippen molar-refractivity contribution in [3.63, 3.8) is 0 Å². The molecule has 0 spiro atoms. The third-order valence-corrected chi connectivity index (χ3v) is 3.14. The lowest BCUT2D eigenvalue weighted by molar-refractivity contribution is 0.192. The Kier molecular flexibility index (Phi) is 4.22. The van der Waals surface area contributed by atoms with Crippen LogP contribution in [-0.4, -0.2) is 50.2 Å². The summed E-state index contributed by atoms with van der Waals surface area (Å²) in [7, 11) is 1.48. The molecule has 1 aliphatic heterocycles. The predicted molar refractivity (Wildman–Crippen MR) is 73.2 cm³/mol. The minimum atomic E-state index is -0.476. The summed E-state index contributed by atoms with van der Waals surface area (Å²) in [5.74, 6) is 0. The van der Waals surface area contributed by atoms with Crippen LogP contribution in [0.3, 0.4) is 0 Å². The van der Waals surface area contributed by atoms with Gasteiger partial charge in [-0.25, -0.2) is 9.59 Å². The van der Waals surface area contributed by atoms with Crippen molar-refractivity contribution in [3.05, 3.63) is 30.3 Å². The van der Waals surface area contributed by atoms with E-state index in [4.69, 9.17) is 0 Å². The fraction of sp³-hybridized carbons (Fsp3) is 0.385. The first kappa shape index (κ1) is 13.2. The van der Waals surface area contributed by atoms with E-state index in [0.29, 0.717) is 13.1 Å². The van der Waals surface area contributed by atoms with Gasteiger partial charge in [0.15, 0.2) is 0 Å². The molecule has 6 nitrogen and oxygen atoms in total. The highest BCUT2D eigenvalue weighted by Gasteiger charge is 2.22. The van der Waals surface area contributed by atoms with E-state index in [0.717, 1.165) is 18.8 Å². The lowest BCUT2D eigenvalue weighted by Crippen LogP contribution is -2.53. The van der Waals surface area contributed by atoms with Crippen LogP contribution in [0, 0.1) is 0 Å². The first-order valence-electron chi connectivity index (χ1n) is 6.28. The molecule has 2 rings (SSSR count). The van der Waals surface area contributed by atoms with Gasteiger partial charge in [0.25, 0.3) is 0 Å². The summed E-state index contributed by atoms with van der Waals surface area (Å²) in [5.41, 5.74) is 1.16. The van der Waals surface area contributed by atoms with E-state index in [2.05, 4.69) is 27.7 Å².